The van der Waals surface area contributed by atoms with Crippen molar-refractivity contribution in [2.75, 3.05) is 13.8 Å². The standard InChI is InChI=1S/C22H18N2O2/c1-26-14-24-22(25)21-7-2-4-15-12-16(8-9-19(15)21)18-6-3-5-17-13-23-11-10-20(17)18/h2-13H,14H2,1H3,(H,24,25). The molecule has 0 saturated carbocycles. The summed E-state index contributed by atoms with van der Waals surface area (Å²) in [4.78, 5) is 16.5. The Morgan fingerprint density at radius 3 is 2.73 bits per heavy atom. The first-order chi connectivity index (χ1) is 12.8. The average Bonchev–Trinajstić information content (AvgIpc) is 2.70. The third kappa shape index (κ3) is 2.91. The molecule has 128 valence electrons. The van der Waals surface area contributed by atoms with E-state index in [1.165, 1.54) is 0 Å². The Balaban J connectivity index is 1.82. The van der Waals surface area contributed by atoms with E-state index >= 15 is 0 Å². The molecule has 0 aliphatic rings. The Kier molecular flexibility index (Phi) is 4.33. The fraction of sp³-hybridized carbons (Fsp3) is 0.0909. The summed E-state index contributed by atoms with van der Waals surface area (Å²) >= 11 is 0. The zero-order chi connectivity index (χ0) is 17.9. The number of hydrogen-bond donors (Lipinski definition) is 1. The maximum Gasteiger partial charge on any atom is 0.253 e. The van der Waals surface area contributed by atoms with E-state index in [1.54, 1.807) is 7.11 Å². The van der Waals surface area contributed by atoms with Crippen molar-refractivity contribution in [2.45, 2.75) is 0 Å². The molecule has 0 aliphatic heterocycles. The van der Waals surface area contributed by atoms with E-state index in [-0.39, 0.29) is 12.6 Å². The summed E-state index contributed by atoms with van der Waals surface area (Å²) in [5.74, 6) is -0.138. The van der Waals surface area contributed by atoms with Crippen molar-refractivity contribution in [2.24, 2.45) is 0 Å². The number of nitrogens with one attached hydrogen (secondary N) is 1. The van der Waals surface area contributed by atoms with E-state index in [0.29, 0.717) is 5.56 Å². The number of aromatic nitrogens is 1. The van der Waals surface area contributed by atoms with Crippen molar-refractivity contribution in [3.05, 3.63) is 78.6 Å². The van der Waals surface area contributed by atoms with Crippen LogP contribution in [0.2, 0.25) is 0 Å². The number of methoxy groups -OCH3 is 1. The quantitative estimate of drug-likeness (QED) is 0.560. The van der Waals surface area contributed by atoms with Gasteiger partial charge in [0, 0.05) is 30.5 Å². The van der Waals surface area contributed by atoms with Crippen LogP contribution in [0.25, 0.3) is 32.7 Å². The van der Waals surface area contributed by atoms with E-state index in [0.717, 1.165) is 32.7 Å². The van der Waals surface area contributed by atoms with Gasteiger partial charge < -0.3 is 10.1 Å². The van der Waals surface area contributed by atoms with Crippen molar-refractivity contribution < 1.29 is 9.53 Å². The predicted octanol–water partition coefficient (Wildman–Crippen LogP) is 4.39. The molecule has 1 aromatic heterocycles. The van der Waals surface area contributed by atoms with Crippen LogP contribution in [0.4, 0.5) is 0 Å². The molecule has 1 heterocycles. The zero-order valence-corrected chi connectivity index (χ0v) is 14.4. The molecule has 0 radical (unpaired) electrons. The number of hydrogen-bond acceptors (Lipinski definition) is 3. The topological polar surface area (TPSA) is 51.2 Å². The maximum atomic E-state index is 12.3. The Labute approximate surface area is 151 Å². The van der Waals surface area contributed by atoms with Crippen LogP contribution in [-0.4, -0.2) is 24.7 Å². The number of amides is 1. The molecule has 26 heavy (non-hydrogen) atoms. The second-order valence-corrected chi connectivity index (χ2v) is 6.08. The SMILES string of the molecule is COCNC(=O)c1cccc2cc(-c3cccc4cnccc34)ccc12. The van der Waals surface area contributed by atoms with Crippen molar-refractivity contribution in [3.63, 3.8) is 0 Å². The van der Waals surface area contributed by atoms with Crippen LogP contribution < -0.4 is 5.32 Å². The summed E-state index contributed by atoms with van der Waals surface area (Å²) in [6.07, 6.45) is 3.68. The molecule has 0 unspecified atom stereocenters. The molecule has 0 spiro atoms. The molecular weight excluding hydrogens is 324 g/mol. The summed E-state index contributed by atoms with van der Waals surface area (Å²) in [6, 6.07) is 20.2. The van der Waals surface area contributed by atoms with Crippen LogP contribution >= 0.6 is 0 Å². The van der Waals surface area contributed by atoms with Crippen LogP contribution in [0.3, 0.4) is 0 Å². The number of fused-ring (bicyclic) bond motifs is 2. The molecule has 0 bridgehead atoms. The van der Waals surface area contributed by atoms with Gasteiger partial charge in [-0.3, -0.25) is 9.78 Å². The maximum absolute atomic E-state index is 12.3. The van der Waals surface area contributed by atoms with Gasteiger partial charge in [-0.25, -0.2) is 0 Å². The van der Waals surface area contributed by atoms with Crippen molar-refractivity contribution in [1.82, 2.24) is 10.3 Å². The van der Waals surface area contributed by atoms with Gasteiger partial charge >= 0.3 is 0 Å². The first kappa shape index (κ1) is 16.2. The van der Waals surface area contributed by atoms with Gasteiger partial charge in [0.25, 0.3) is 5.91 Å². The highest BCUT2D eigenvalue weighted by molar-refractivity contribution is 6.08. The van der Waals surface area contributed by atoms with E-state index in [2.05, 4.69) is 34.6 Å². The molecule has 4 rings (SSSR count). The summed E-state index contributed by atoms with van der Waals surface area (Å²) < 4.78 is 4.93. The van der Waals surface area contributed by atoms with Gasteiger partial charge in [-0.05, 0) is 45.5 Å². The molecular formula is C22H18N2O2. The molecule has 0 atom stereocenters. The van der Waals surface area contributed by atoms with E-state index in [4.69, 9.17) is 4.74 Å². The Hall–Kier alpha value is -3.24. The minimum absolute atomic E-state index is 0.138. The lowest BCUT2D eigenvalue weighted by Crippen LogP contribution is -2.25. The minimum Gasteiger partial charge on any atom is -0.364 e. The number of carbonyl (C=O) groups is 1. The van der Waals surface area contributed by atoms with Crippen molar-refractivity contribution in [3.8, 4) is 11.1 Å². The second-order valence-electron chi connectivity index (χ2n) is 6.08. The lowest BCUT2D eigenvalue weighted by molar-refractivity contribution is 0.0874. The average molecular weight is 342 g/mol. The Morgan fingerprint density at radius 1 is 1.00 bits per heavy atom. The molecule has 1 amide bonds. The highest BCUT2D eigenvalue weighted by Gasteiger charge is 2.11. The normalized spacial score (nSPS) is 11.0. The summed E-state index contributed by atoms with van der Waals surface area (Å²) in [6.45, 7) is 0.192. The highest BCUT2D eigenvalue weighted by Crippen LogP contribution is 2.31. The fourth-order valence-corrected chi connectivity index (χ4v) is 3.26. The Bertz CT molecular complexity index is 1100. The molecule has 4 nitrogen and oxygen atoms in total. The molecule has 3 aromatic carbocycles. The number of nitrogens with zero attached hydrogens (tertiary/aromatic N) is 1. The van der Waals surface area contributed by atoms with Gasteiger partial charge in [0.2, 0.25) is 0 Å². The number of pyridine rings is 1. The highest BCUT2D eigenvalue weighted by atomic mass is 16.5. The zero-order valence-electron chi connectivity index (χ0n) is 14.4. The fourth-order valence-electron chi connectivity index (χ4n) is 3.26. The van der Waals surface area contributed by atoms with E-state index in [9.17, 15) is 4.79 Å². The smallest absolute Gasteiger partial charge is 0.253 e. The number of rotatable bonds is 4. The number of carbonyl (C=O) groups excluding carboxylic acids is 1. The van der Waals surface area contributed by atoms with Gasteiger partial charge in [-0.1, -0.05) is 42.5 Å². The van der Waals surface area contributed by atoms with Gasteiger partial charge in [0.1, 0.15) is 6.73 Å². The third-order valence-corrected chi connectivity index (χ3v) is 4.49. The van der Waals surface area contributed by atoms with Crippen LogP contribution in [0.1, 0.15) is 10.4 Å². The van der Waals surface area contributed by atoms with E-state index < -0.39 is 0 Å². The summed E-state index contributed by atoms with van der Waals surface area (Å²) in [5, 5.41) is 6.96. The van der Waals surface area contributed by atoms with Gasteiger partial charge in [0.05, 0.1) is 0 Å². The number of ether oxygens (including phenoxy) is 1. The van der Waals surface area contributed by atoms with Crippen LogP contribution in [0.15, 0.2) is 73.1 Å². The molecule has 0 fully saturated rings. The monoisotopic (exact) mass is 342 g/mol. The third-order valence-electron chi connectivity index (χ3n) is 4.49. The summed E-state index contributed by atoms with van der Waals surface area (Å²) in [7, 11) is 1.55. The predicted molar refractivity (Wildman–Crippen MR) is 104 cm³/mol. The van der Waals surface area contributed by atoms with Crippen LogP contribution in [-0.2, 0) is 4.74 Å². The lowest BCUT2D eigenvalue weighted by atomic mass is 9.95. The number of benzene rings is 3. The summed E-state index contributed by atoms with van der Waals surface area (Å²) in [5.41, 5.74) is 2.91. The van der Waals surface area contributed by atoms with Gasteiger partial charge in [-0.15, -0.1) is 0 Å². The van der Waals surface area contributed by atoms with Crippen molar-refractivity contribution >= 4 is 27.5 Å². The molecule has 4 aromatic rings. The molecule has 1 N–H and O–H groups in total. The van der Waals surface area contributed by atoms with Crippen molar-refractivity contribution in [1.29, 1.82) is 0 Å². The van der Waals surface area contributed by atoms with Crippen LogP contribution in [0, 0.1) is 0 Å². The van der Waals surface area contributed by atoms with Gasteiger partial charge in [0.15, 0.2) is 0 Å². The minimum atomic E-state index is -0.138. The molecule has 0 aliphatic carbocycles. The lowest BCUT2D eigenvalue weighted by Gasteiger charge is -2.10. The largest absolute Gasteiger partial charge is 0.364 e. The molecule has 4 heteroatoms. The second kappa shape index (κ2) is 6.94. The van der Waals surface area contributed by atoms with Gasteiger partial charge in [-0.2, -0.15) is 0 Å². The first-order valence-electron chi connectivity index (χ1n) is 8.41. The van der Waals surface area contributed by atoms with Crippen LogP contribution in [0.5, 0.6) is 0 Å². The molecule has 0 saturated heterocycles. The Morgan fingerprint density at radius 2 is 1.85 bits per heavy atom. The first-order valence-corrected chi connectivity index (χ1v) is 8.41. The van der Waals surface area contributed by atoms with E-state index in [1.807, 2.05) is 48.8 Å².